The van der Waals surface area contributed by atoms with Crippen LogP contribution in [0.4, 0.5) is 0 Å². The van der Waals surface area contributed by atoms with E-state index >= 15 is 0 Å². The maximum atomic E-state index is 11.2. The molecule has 1 radical (unpaired) electrons. The minimum Gasteiger partial charge on any atom is -0.469 e. The zero-order chi connectivity index (χ0) is 10.7. The third-order valence-corrected chi connectivity index (χ3v) is 2.43. The van der Waals surface area contributed by atoms with Crippen LogP contribution >= 0.6 is 0 Å². The van der Waals surface area contributed by atoms with Gasteiger partial charge in [0.25, 0.3) is 0 Å². The topological polar surface area (TPSA) is 66.8 Å². The Labute approximate surface area is 82.6 Å². The van der Waals surface area contributed by atoms with Crippen molar-refractivity contribution in [3.63, 3.8) is 0 Å². The van der Waals surface area contributed by atoms with Gasteiger partial charge in [-0.05, 0) is 6.42 Å². The first kappa shape index (κ1) is 11.0. The molecule has 5 nitrogen and oxygen atoms in total. The highest BCUT2D eigenvalue weighted by atomic mass is 16.5. The molecule has 0 aliphatic carbocycles. The van der Waals surface area contributed by atoms with Crippen LogP contribution in [0.15, 0.2) is 0 Å². The Morgan fingerprint density at radius 3 is 2.71 bits per heavy atom. The summed E-state index contributed by atoms with van der Waals surface area (Å²) >= 11 is 0. The molecule has 1 aliphatic heterocycles. The Morgan fingerprint density at radius 2 is 2.21 bits per heavy atom. The Balaban J connectivity index is 2.64. The van der Waals surface area contributed by atoms with Crippen LogP contribution in [0.5, 0.6) is 0 Å². The average molecular weight is 200 g/mol. The van der Waals surface area contributed by atoms with Gasteiger partial charge in [0.1, 0.15) is 5.92 Å². The van der Waals surface area contributed by atoms with E-state index in [1.54, 1.807) is 0 Å². The molecule has 1 rings (SSSR count). The second-order valence-corrected chi connectivity index (χ2v) is 3.33. The Morgan fingerprint density at radius 1 is 1.57 bits per heavy atom. The van der Waals surface area contributed by atoms with Gasteiger partial charge in [0, 0.05) is 20.0 Å². The van der Waals surface area contributed by atoms with E-state index < -0.39 is 18.0 Å². The molecule has 1 fully saturated rings. The molecule has 2 atom stereocenters. The normalized spacial score (nSPS) is 27.2. The maximum Gasteiger partial charge on any atom is 0.313 e. The molecular weight excluding hydrogens is 186 g/mol. The fourth-order valence-corrected chi connectivity index (χ4v) is 1.55. The van der Waals surface area contributed by atoms with Crippen LogP contribution in [0.1, 0.15) is 6.42 Å². The molecule has 1 amide bonds. The summed E-state index contributed by atoms with van der Waals surface area (Å²) in [5.74, 6) is -1.45. The van der Waals surface area contributed by atoms with Crippen LogP contribution < -0.4 is 0 Å². The summed E-state index contributed by atoms with van der Waals surface area (Å²) < 4.78 is 4.53. The van der Waals surface area contributed by atoms with Gasteiger partial charge in [-0.3, -0.25) is 9.59 Å². The quantitative estimate of drug-likeness (QED) is 0.563. The lowest BCUT2D eigenvalue weighted by Crippen LogP contribution is -2.48. The van der Waals surface area contributed by atoms with E-state index in [9.17, 15) is 14.7 Å². The first-order valence-corrected chi connectivity index (χ1v) is 4.43. The molecule has 0 spiro atoms. The molecule has 79 valence electrons. The maximum absolute atomic E-state index is 11.2. The predicted molar refractivity (Wildman–Crippen MR) is 48.1 cm³/mol. The van der Waals surface area contributed by atoms with E-state index in [0.717, 1.165) is 0 Å². The van der Waals surface area contributed by atoms with Crippen molar-refractivity contribution < 1.29 is 19.4 Å². The first-order valence-electron chi connectivity index (χ1n) is 4.43. The number of piperidine rings is 1. The highest BCUT2D eigenvalue weighted by Gasteiger charge is 2.34. The first-order chi connectivity index (χ1) is 6.56. The lowest BCUT2D eigenvalue weighted by atomic mass is 9.95. The second kappa shape index (κ2) is 4.41. The SMILES string of the molecule is [CH2]C(=O)N1CCC(O)C(C(=O)OC)C1. The van der Waals surface area contributed by atoms with E-state index in [1.165, 1.54) is 12.0 Å². The van der Waals surface area contributed by atoms with Crippen molar-refractivity contribution in [2.24, 2.45) is 5.92 Å². The summed E-state index contributed by atoms with van der Waals surface area (Å²) in [5, 5.41) is 9.51. The third-order valence-electron chi connectivity index (χ3n) is 2.43. The number of methoxy groups -OCH3 is 1. The standard InChI is InChI=1S/C9H14NO4/c1-6(11)10-4-3-8(12)7(5-10)9(13)14-2/h7-8,12H,1,3-5H2,2H3. The zero-order valence-electron chi connectivity index (χ0n) is 8.10. The number of aliphatic hydroxyl groups excluding tert-OH is 1. The third kappa shape index (κ3) is 2.23. The van der Waals surface area contributed by atoms with E-state index in [4.69, 9.17) is 0 Å². The monoisotopic (exact) mass is 200 g/mol. The molecule has 0 aromatic rings. The summed E-state index contributed by atoms with van der Waals surface area (Å²) in [4.78, 5) is 23.6. The van der Waals surface area contributed by atoms with Gasteiger partial charge in [0.15, 0.2) is 0 Å². The lowest BCUT2D eigenvalue weighted by molar-refractivity contribution is -0.154. The fraction of sp³-hybridized carbons (Fsp3) is 0.667. The van der Waals surface area contributed by atoms with Gasteiger partial charge < -0.3 is 14.7 Å². The zero-order valence-corrected chi connectivity index (χ0v) is 8.10. The van der Waals surface area contributed by atoms with Gasteiger partial charge in [-0.25, -0.2) is 0 Å². The summed E-state index contributed by atoms with van der Waals surface area (Å²) in [6, 6.07) is 0. The number of carbonyl (C=O) groups excluding carboxylic acids is 2. The minimum atomic E-state index is -0.724. The van der Waals surface area contributed by atoms with Crippen molar-refractivity contribution in [3.05, 3.63) is 6.92 Å². The predicted octanol–water partition coefficient (Wildman–Crippen LogP) is -0.797. The number of carbonyl (C=O) groups is 2. The fourth-order valence-electron chi connectivity index (χ4n) is 1.55. The van der Waals surface area contributed by atoms with Crippen LogP contribution in [0.25, 0.3) is 0 Å². The molecule has 1 N–H and O–H groups in total. The Bertz CT molecular complexity index is 241. The molecule has 1 saturated heterocycles. The number of likely N-dealkylation sites (tertiary alicyclic amines) is 1. The summed E-state index contributed by atoms with van der Waals surface area (Å²) in [6.07, 6.45) is -0.334. The number of nitrogens with zero attached hydrogens (tertiary/aromatic N) is 1. The van der Waals surface area contributed by atoms with E-state index in [1.807, 2.05) is 0 Å². The number of rotatable bonds is 1. The molecule has 1 aliphatic rings. The average Bonchev–Trinajstić information content (AvgIpc) is 2.17. The highest BCUT2D eigenvalue weighted by molar-refractivity contribution is 5.81. The molecule has 1 heterocycles. The number of hydrogen-bond donors (Lipinski definition) is 1. The van der Waals surface area contributed by atoms with Crippen molar-refractivity contribution in [1.82, 2.24) is 4.90 Å². The van der Waals surface area contributed by atoms with E-state index in [-0.39, 0.29) is 12.5 Å². The van der Waals surface area contributed by atoms with Crippen LogP contribution in [0, 0.1) is 12.8 Å². The number of ether oxygens (including phenoxy) is 1. The summed E-state index contributed by atoms with van der Waals surface area (Å²) in [5.41, 5.74) is 0. The van der Waals surface area contributed by atoms with Crippen LogP contribution in [0.3, 0.4) is 0 Å². The molecule has 0 saturated carbocycles. The van der Waals surface area contributed by atoms with Gasteiger partial charge in [-0.1, -0.05) is 0 Å². The van der Waals surface area contributed by atoms with Gasteiger partial charge in [0.2, 0.25) is 5.91 Å². The molecule has 5 heteroatoms. The van der Waals surface area contributed by atoms with Gasteiger partial charge in [0.05, 0.1) is 13.2 Å². The van der Waals surface area contributed by atoms with Gasteiger partial charge in [-0.2, -0.15) is 0 Å². The number of hydrogen-bond acceptors (Lipinski definition) is 4. The smallest absolute Gasteiger partial charge is 0.313 e. The largest absolute Gasteiger partial charge is 0.469 e. The van der Waals surface area contributed by atoms with Crippen molar-refractivity contribution in [3.8, 4) is 0 Å². The van der Waals surface area contributed by atoms with Crippen LogP contribution in [-0.2, 0) is 14.3 Å². The van der Waals surface area contributed by atoms with Crippen molar-refractivity contribution in [1.29, 1.82) is 0 Å². The van der Waals surface area contributed by atoms with E-state index in [2.05, 4.69) is 11.7 Å². The Hall–Kier alpha value is -1.10. The van der Waals surface area contributed by atoms with Crippen molar-refractivity contribution in [2.75, 3.05) is 20.2 Å². The second-order valence-electron chi connectivity index (χ2n) is 3.33. The molecule has 2 unspecified atom stereocenters. The van der Waals surface area contributed by atoms with Crippen molar-refractivity contribution in [2.45, 2.75) is 12.5 Å². The molecule has 0 aromatic heterocycles. The number of aliphatic hydroxyl groups is 1. The van der Waals surface area contributed by atoms with Crippen molar-refractivity contribution >= 4 is 11.9 Å². The lowest BCUT2D eigenvalue weighted by Gasteiger charge is -2.33. The van der Waals surface area contributed by atoms with Gasteiger partial charge in [-0.15, -0.1) is 0 Å². The van der Waals surface area contributed by atoms with Gasteiger partial charge >= 0.3 is 5.97 Å². The highest BCUT2D eigenvalue weighted by Crippen LogP contribution is 2.18. The molecule has 0 aromatic carbocycles. The van der Waals surface area contributed by atoms with Crippen LogP contribution in [-0.4, -0.2) is 48.2 Å². The Kier molecular flexibility index (Phi) is 3.46. The summed E-state index contributed by atoms with van der Waals surface area (Å²) in [7, 11) is 1.26. The molecular formula is C9H14NO4. The van der Waals surface area contributed by atoms with Crippen LogP contribution in [0.2, 0.25) is 0 Å². The minimum absolute atomic E-state index is 0.191. The molecule has 14 heavy (non-hydrogen) atoms. The van der Waals surface area contributed by atoms with E-state index in [0.29, 0.717) is 13.0 Å². The number of esters is 1. The number of amides is 1. The molecule has 0 bridgehead atoms. The summed E-state index contributed by atoms with van der Waals surface area (Å²) in [6.45, 7) is 3.89.